The number of rotatable bonds is 7. The van der Waals surface area contributed by atoms with Gasteiger partial charge in [-0.25, -0.2) is 13.8 Å². The summed E-state index contributed by atoms with van der Waals surface area (Å²) in [5.74, 6) is -1.72. The second-order valence-corrected chi connectivity index (χ2v) is 7.16. The van der Waals surface area contributed by atoms with Gasteiger partial charge in [-0.2, -0.15) is 0 Å². The number of hydrogen-bond acceptors (Lipinski definition) is 5. The van der Waals surface area contributed by atoms with Gasteiger partial charge in [-0.15, -0.1) is 11.3 Å². The highest BCUT2D eigenvalue weighted by molar-refractivity contribution is 7.13. The van der Waals surface area contributed by atoms with Crippen molar-refractivity contribution in [2.24, 2.45) is 0 Å². The first-order valence-corrected chi connectivity index (χ1v) is 9.70. The zero-order valence-electron chi connectivity index (χ0n) is 15.5. The average molecular weight is 416 g/mol. The highest BCUT2D eigenvalue weighted by Gasteiger charge is 2.19. The van der Waals surface area contributed by atoms with Crippen LogP contribution in [0.5, 0.6) is 0 Å². The molecule has 1 aromatic heterocycles. The lowest BCUT2D eigenvalue weighted by Crippen LogP contribution is -2.35. The minimum Gasteiger partial charge on any atom is -0.452 e. The van der Waals surface area contributed by atoms with Gasteiger partial charge in [-0.1, -0.05) is 12.1 Å². The molecule has 8 heteroatoms. The number of hydrogen-bond donors (Lipinski definition) is 1. The van der Waals surface area contributed by atoms with Crippen molar-refractivity contribution < 1.29 is 23.1 Å². The minimum atomic E-state index is -0.974. The smallest absolute Gasteiger partial charge is 0.312 e. The van der Waals surface area contributed by atoms with Crippen molar-refractivity contribution in [3.8, 4) is 10.6 Å². The Labute approximate surface area is 170 Å². The summed E-state index contributed by atoms with van der Waals surface area (Å²) >= 11 is 1.34. The number of thiazole rings is 1. The first-order valence-electron chi connectivity index (χ1n) is 8.82. The Kier molecular flexibility index (Phi) is 6.66. The van der Waals surface area contributed by atoms with Gasteiger partial charge in [0, 0.05) is 17.5 Å². The van der Waals surface area contributed by atoms with Gasteiger partial charge in [-0.05, 0) is 48.9 Å². The molecule has 0 fully saturated rings. The second kappa shape index (κ2) is 9.38. The summed E-state index contributed by atoms with van der Waals surface area (Å²) in [4.78, 5) is 28.5. The number of esters is 1. The highest BCUT2D eigenvalue weighted by atomic mass is 32.1. The van der Waals surface area contributed by atoms with E-state index in [0.717, 1.165) is 11.1 Å². The summed E-state index contributed by atoms with van der Waals surface area (Å²) < 4.78 is 31.1. The number of benzene rings is 2. The maximum absolute atomic E-state index is 13.0. The van der Waals surface area contributed by atoms with E-state index in [1.54, 1.807) is 29.6 Å². The van der Waals surface area contributed by atoms with Crippen molar-refractivity contribution in [3.05, 3.63) is 76.8 Å². The maximum atomic E-state index is 13.0. The molecule has 0 saturated carbocycles. The molecule has 0 spiro atoms. The Morgan fingerprint density at radius 2 is 1.69 bits per heavy atom. The molecule has 1 heterocycles. The number of carbonyl (C=O) groups is 2. The Morgan fingerprint density at radius 3 is 2.34 bits per heavy atom. The van der Waals surface area contributed by atoms with Gasteiger partial charge in [-0.3, -0.25) is 9.59 Å². The standard InChI is InChI=1S/C21H18F2N2O3S/c1-13(20(27)24-11-14-2-6-16(22)7-3-14)28-19(26)10-18-12-29-21(25-18)15-4-8-17(23)9-5-15/h2-9,12-13H,10-11H2,1H3,(H,24,27)/t13-/m0/s1. The van der Waals surface area contributed by atoms with Crippen LogP contribution in [-0.4, -0.2) is 23.0 Å². The van der Waals surface area contributed by atoms with E-state index in [-0.39, 0.29) is 24.6 Å². The van der Waals surface area contributed by atoms with Crippen molar-refractivity contribution in [1.82, 2.24) is 10.3 Å². The van der Waals surface area contributed by atoms with Crippen molar-refractivity contribution in [2.75, 3.05) is 0 Å². The summed E-state index contributed by atoms with van der Waals surface area (Å²) in [6.07, 6.45) is -1.05. The van der Waals surface area contributed by atoms with Crippen molar-refractivity contribution in [1.29, 1.82) is 0 Å². The molecule has 1 N–H and O–H groups in total. The number of carbonyl (C=O) groups excluding carboxylic acids is 2. The zero-order valence-corrected chi connectivity index (χ0v) is 16.3. The van der Waals surface area contributed by atoms with Gasteiger partial charge in [0.2, 0.25) is 0 Å². The van der Waals surface area contributed by atoms with Gasteiger partial charge >= 0.3 is 5.97 Å². The first kappa shape index (κ1) is 20.6. The molecule has 150 valence electrons. The van der Waals surface area contributed by atoms with Crippen molar-refractivity contribution in [2.45, 2.75) is 26.0 Å². The fourth-order valence-corrected chi connectivity index (χ4v) is 3.31. The van der Waals surface area contributed by atoms with E-state index in [2.05, 4.69) is 10.3 Å². The Morgan fingerprint density at radius 1 is 1.07 bits per heavy atom. The van der Waals surface area contributed by atoms with E-state index < -0.39 is 18.0 Å². The second-order valence-electron chi connectivity index (χ2n) is 6.30. The highest BCUT2D eigenvalue weighted by Crippen LogP contribution is 2.24. The molecule has 0 aliphatic heterocycles. The average Bonchev–Trinajstić information content (AvgIpc) is 3.16. The Bertz CT molecular complexity index is 988. The molecule has 0 radical (unpaired) electrons. The topological polar surface area (TPSA) is 68.3 Å². The van der Waals surface area contributed by atoms with Crippen LogP contribution in [0.1, 0.15) is 18.2 Å². The third-order valence-electron chi connectivity index (χ3n) is 4.03. The molecule has 0 aliphatic rings. The molecule has 29 heavy (non-hydrogen) atoms. The summed E-state index contributed by atoms with van der Waals surface area (Å²) in [6, 6.07) is 11.7. The number of nitrogens with one attached hydrogen (secondary N) is 1. The number of amides is 1. The van der Waals surface area contributed by atoms with E-state index in [1.807, 2.05) is 0 Å². The van der Waals surface area contributed by atoms with Crippen molar-refractivity contribution in [3.63, 3.8) is 0 Å². The Hall–Kier alpha value is -3.13. The molecule has 1 atom stereocenters. The van der Waals surface area contributed by atoms with Crippen LogP contribution < -0.4 is 5.32 Å². The zero-order chi connectivity index (χ0) is 20.8. The molecular formula is C21H18F2N2O3S. The number of halogens is 2. The quantitative estimate of drug-likeness (QED) is 0.594. The molecule has 5 nitrogen and oxygen atoms in total. The lowest BCUT2D eigenvalue weighted by Gasteiger charge is -2.13. The number of ether oxygens (including phenoxy) is 1. The van der Waals surface area contributed by atoms with E-state index in [9.17, 15) is 18.4 Å². The van der Waals surface area contributed by atoms with Gasteiger partial charge < -0.3 is 10.1 Å². The predicted molar refractivity (Wildman–Crippen MR) is 105 cm³/mol. The fraction of sp³-hybridized carbons (Fsp3) is 0.190. The normalized spacial score (nSPS) is 11.7. The van der Waals surface area contributed by atoms with Crippen LogP contribution in [0.4, 0.5) is 8.78 Å². The first-order chi connectivity index (χ1) is 13.9. The van der Waals surface area contributed by atoms with E-state index >= 15 is 0 Å². The van der Waals surface area contributed by atoms with Crippen LogP contribution in [0.3, 0.4) is 0 Å². The Balaban J connectivity index is 1.48. The van der Waals surface area contributed by atoms with Crippen LogP contribution in [-0.2, 0) is 27.3 Å². The van der Waals surface area contributed by atoms with Crippen molar-refractivity contribution >= 4 is 23.2 Å². The summed E-state index contributed by atoms with van der Waals surface area (Å²) in [7, 11) is 0. The van der Waals surface area contributed by atoms with Crippen LogP contribution in [0.2, 0.25) is 0 Å². The van der Waals surface area contributed by atoms with Gasteiger partial charge in [0.15, 0.2) is 6.10 Å². The van der Waals surface area contributed by atoms with E-state index in [1.165, 1.54) is 42.5 Å². The van der Waals surface area contributed by atoms with Gasteiger partial charge in [0.1, 0.15) is 16.6 Å². The summed E-state index contributed by atoms with van der Waals surface area (Å²) in [6.45, 7) is 1.68. The number of aromatic nitrogens is 1. The minimum absolute atomic E-state index is 0.0761. The molecule has 0 saturated heterocycles. The molecule has 0 unspecified atom stereocenters. The molecule has 3 aromatic rings. The lowest BCUT2D eigenvalue weighted by atomic mass is 10.2. The fourth-order valence-electron chi connectivity index (χ4n) is 2.49. The lowest BCUT2D eigenvalue weighted by molar-refractivity contribution is -0.154. The summed E-state index contributed by atoms with van der Waals surface area (Å²) in [5.41, 5.74) is 2.00. The molecule has 0 bridgehead atoms. The third kappa shape index (κ3) is 5.92. The molecule has 0 aliphatic carbocycles. The third-order valence-corrected chi connectivity index (χ3v) is 4.97. The monoisotopic (exact) mass is 416 g/mol. The largest absolute Gasteiger partial charge is 0.452 e. The summed E-state index contributed by atoms with van der Waals surface area (Å²) in [5, 5.41) is 5.02. The van der Waals surface area contributed by atoms with Crippen LogP contribution in [0.25, 0.3) is 10.6 Å². The van der Waals surface area contributed by atoms with Gasteiger partial charge in [0.25, 0.3) is 5.91 Å². The number of nitrogens with zero attached hydrogens (tertiary/aromatic N) is 1. The van der Waals surface area contributed by atoms with Gasteiger partial charge in [0.05, 0.1) is 12.1 Å². The SMILES string of the molecule is C[C@H](OC(=O)Cc1csc(-c2ccc(F)cc2)n1)C(=O)NCc1ccc(F)cc1. The van der Waals surface area contributed by atoms with E-state index in [4.69, 9.17) is 4.74 Å². The van der Waals surface area contributed by atoms with E-state index in [0.29, 0.717) is 10.7 Å². The molecule has 1 amide bonds. The van der Waals surface area contributed by atoms with Crippen LogP contribution in [0.15, 0.2) is 53.9 Å². The van der Waals surface area contributed by atoms with Crippen LogP contribution >= 0.6 is 11.3 Å². The molecule has 3 rings (SSSR count). The molecular weight excluding hydrogens is 398 g/mol. The predicted octanol–water partition coefficient (Wildman–Crippen LogP) is 3.88. The maximum Gasteiger partial charge on any atom is 0.312 e. The van der Waals surface area contributed by atoms with Crippen LogP contribution in [0, 0.1) is 11.6 Å². The molecule has 2 aromatic carbocycles.